The molecule has 0 fully saturated rings. The van der Waals surface area contributed by atoms with Gasteiger partial charge >= 0.3 is 0 Å². The van der Waals surface area contributed by atoms with Crippen LogP contribution in [-0.2, 0) is 31.1 Å². The molecule has 0 radical (unpaired) electrons. The summed E-state index contributed by atoms with van der Waals surface area (Å²) in [6, 6.07) is 19.3. The van der Waals surface area contributed by atoms with Gasteiger partial charge in [-0.2, -0.15) is 0 Å². The molecule has 0 heterocycles. The van der Waals surface area contributed by atoms with Gasteiger partial charge in [0.05, 0.1) is 20.7 Å². The normalized spacial score (nSPS) is 12.8. The molecule has 3 N–H and O–H groups in total. The zero-order valence-electron chi connectivity index (χ0n) is 16.7. The third kappa shape index (κ3) is 5.19. The van der Waals surface area contributed by atoms with Crippen LogP contribution in [0.1, 0.15) is 11.1 Å². The van der Waals surface area contributed by atoms with E-state index in [9.17, 15) is 21.6 Å². The Balaban J connectivity index is 1.87. The molecule has 0 aromatic heterocycles. The maximum atomic E-state index is 12.9. The molecule has 162 valence electrons. The fourth-order valence-corrected chi connectivity index (χ4v) is 5.68. The van der Waals surface area contributed by atoms with Crippen LogP contribution >= 0.6 is 0 Å². The van der Waals surface area contributed by atoms with E-state index in [0.29, 0.717) is 5.56 Å². The van der Waals surface area contributed by atoms with Crippen molar-refractivity contribution in [2.24, 2.45) is 5.73 Å². The minimum absolute atomic E-state index is 0.0381. The van der Waals surface area contributed by atoms with Gasteiger partial charge in [0.1, 0.15) is 0 Å². The van der Waals surface area contributed by atoms with E-state index in [2.05, 4.69) is 0 Å². The average Bonchev–Trinajstić information content (AvgIpc) is 2.74. The van der Waals surface area contributed by atoms with E-state index in [-0.39, 0.29) is 21.1 Å². The van der Waals surface area contributed by atoms with E-state index < -0.39 is 31.8 Å². The summed E-state index contributed by atoms with van der Waals surface area (Å²) in [7, 11) is -8.26. The lowest BCUT2D eigenvalue weighted by atomic mass is 10.1. The van der Waals surface area contributed by atoms with Crippen molar-refractivity contribution in [3.05, 3.63) is 90.0 Å². The van der Waals surface area contributed by atoms with Crippen molar-refractivity contribution in [2.45, 2.75) is 34.1 Å². The van der Waals surface area contributed by atoms with E-state index in [0.717, 1.165) is 11.6 Å². The number of hydrogen-bond donors (Lipinski definition) is 2. The third-order valence-electron chi connectivity index (χ3n) is 4.68. The number of hydrogen-bond acceptors (Lipinski definition) is 6. The number of sulfonamides is 1. The molecule has 0 spiro atoms. The molecule has 3 aromatic rings. The van der Waals surface area contributed by atoms with Crippen molar-refractivity contribution in [3.63, 3.8) is 0 Å². The van der Waals surface area contributed by atoms with Gasteiger partial charge in [-0.05, 0) is 48.7 Å². The Hall–Kier alpha value is -3.01. The minimum Gasteiger partial charge on any atom is -0.320 e. The van der Waals surface area contributed by atoms with E-state index >= 15 is 0 Å². The largest absolute Gasteiger partial charge is 0.320 e. The molecule has 9 heteroatoms. The van der Waals surface area contributed by atoms with Crippen LogP contribution < -0.4 is 10.5 Å². The van der Waals surface area contributed by atoms with Crippen LogP contribution in [0.4, 0.5) is 0 Å². The molecule has 0 aliphatic rings. The van der Waals surface area contributed by atoms with Crippen molar-refractivity contribution in [1.29, 1.82) is 0 Å². The first-order valence-electron chi connectivity index (χ1n) is 9.38. The summed E-state index contributed by atoms with van der Waals surface area (Å²) < 4.78 is 53.4. The number of nitrogens with two attached hydrogens (primary N) is 1. The molecule has 31 heavy (non-hydrogen) atoms. The van der Waals surface area contributed by atoms with Crippen LogP contribution in [0.3, 0.4) is 0 Å². The number of carbonyl (C=O) groups excluding carboxylic acids is 1. The van der Waals surface area contributed by atoms with Crippen LogP contribution in [-0.4, -0.2) is 28.8 Å². The first kappa shape index (κ1) is 22.7. The molecule has 7 nitrogen and oxygen atoms in total. The smallest absolute Gasteiger partial charge is 0.264 e. The molecule has 0 unspecified atom stereocenters. The lowest BCUT2D eigenvalue weighted by Gasteiger charge is -2.15. The number of nitrogens with one attached hydrogen (secondary N) is 1. The van der Waals surface area contributed by atoms with Crippen LogP contribution in [0.5, 0.6) is 0 Å². The number of carbonyl (C=O) groups is 1. The molecule has 3 aromatic carbocycles. The van der Waals surface area contributed by atoms with Gasteiger partial charge in [0.15, 0.2) is 0 Å². The lowest BCUT2D eigenvalue weighted by Crippen LogP contribution is -2.44. The van der Waals surface area contributed by atoms with E-state index in [1.807, 2.05) is 10.8 Å². The number of sulfone groups is 1. The fourth-order valence-electron chi connectivity index (χ4n) is 3.00. The van der Waals surface area contributed by atoms with Gasteiger partial charge in [0.2, 0.25) is 9.84 Å². The Kier molecular flexibility index (Phi) is 6.59. The zero-order valence-corrected chi connectivity index (χ0v) is 18.4. The first-order valence-corrected chi connectivity index (χ1v) is 12.3. The maximum Gasteiger partial charge on any atom is 0.264 e. The summed E-state index contributed by atoms with van der Waals surface area (Å²) in [5.41, 5.74) is 6.96. The monoisotopic (exact) mass is 458 g/mol. The predicted octanol–water partition coefficient (Wildman–Crippen LogP) is 2.20. The van der Waals surface area contributed by atoms with Crippen LogP contribution in [0.15, 0.2) is 93.5 Å². The minimum atomic E-state index is -4.34. The van der Waals surface area contributed by atoms with E-state index in [1.54, 1.807) is 42.5 Å². The van der Waals surface area contributed by atoms with Gasteiger partial charge in [0, 0.05) is 0 Å². The molecule has 0 aliphatic carbocycles. The summed E-state index contributed by atoms with van der Waals surface area (Å²) >= 11 is 0. The highest BCUT2D eigenvalue weighted by atomic mass is 32.2. The van der Waals surface area contributed by atoms with Crippen LogP contribution in [0.2, 0.25) is 0 Å². The number of rotatable bonds is 7. The van der Waals surface area contributed by atoms with Crippen molar-refractivity contribution in [3.8, 4) is 0 Å². The SMILES string of the molecule is Cc1ccc(S(=O)(=O)c2ccccc2)cc1S(=O)(=O)NC(=O)[C@@H](N)Cc1ccccc1. The third-order valence-corrected chi connectivity index (χ3v) is 7.94. The summed E-state index contributed by atoms with van der Waals surface area (Å²) in [6.07, 6.45) is 0.156. The standard InChI is InChI=1S/C22H22N2O5S2/c1-16-12-13-19(30(26,27)18-10-6-3-7-11-18)15-21(16)31(28,29)24-22(25)20(23)14-17-8-4-2-5-9-17/h2-13,15,20H,14,23H2,1H3,(H,24,25)/t20-/m0/s1. The van der Waals surface area contributed by atoms with Crippen molar-refractivity contribution >= 4 is 25.8 Å². The van der Waals surface area contributed by atoms with Crippen molar-refractivity contribution < 1.29 is 21.6 Å². The molecular weight excluding hydrogens is 436 g/mol. The summed E-state index contributed by atoms with van der Waals surface area (Å²) in [5.74, 6) is -0.875. The molecule has 1 atom stereocenters. The Morgan fingerprint density at radius 1 is 0.871 bits per heavy atom. The van der Waals surface area contributed by atoms with Gasteiger partial charge < -0.3 is 5.73 Å². The Bertz CT molecular complexity index is 1290. The van der Waals surface area contributed by atoms with E-state index in [4.69, 9.17) is 5.73 Å². The molecule has 0 saturated carbocycles. The molecule has 0 saturated heterocycles. The van der Waals surface area contributed by atoms with E-state index in [1.165, 1.54) is 31.2 Å². The Labute approximate surface area is 181 Å². The number of benzene rings is 3. The van der Waals surface area contributed by atoms with Crippen LogP contribution in [0.25, 0.3) is 0 Å². The molecule has 1 amide bonds. The Morgan fingerprint density at radius 2 is 1.45 bits per heavy atom. The first-order chi connectivity index (χ1) is 14.6. The summed E-state index contributed by atoms with van der Waals surface area (Å²) in [6.45, 7) is 1.52. The maximum absolute atomic E-state index is 12.9. The van der Waals surface area contributed by atoms with Gasteiger partial charge in [-0.1, -0.05) is 54.6 Å². The van der Waals surface area contributed by atoms with Gasteiger partial charge in [-0.3, -0.25) is 4.79 Å². The molecule has 0 bridgehead atoms. The predicted molar refractivity (Wildman–Crippen MR) is 117 cm³/mol. The van der Waals surface area contributed by atoms with Crippen molar-refractivity contribution in [2.75, 3.05) is 0 Å². The van der Waals surface area contributed by atoms with Crippen LogP contribution in [0, 0.1) is 6.92 Å². The second-order valence-electron chi connectivity index (χ2n) is 7.01. The van der Waals surface area contributed by atoms with Gasteiger partial charge in [-0.15, -0.1) is 0 Å². The molecule has 0 aliphatic heterocycles. The van der Waals surface area contributed by atoms with Crippen molar-refractivity contribution in [1.82, 2.24) is 4.72 Å². The topological polar surface area (TPSA) is 123 Å². The zero-order chi connectivity index (χ0) is 22.6. The van der Waals surface area contributed by atoms with Gasteiger partial charge in [0.25, 0.3) is 15.9 Å². The lowest BCUT2D eigenvalue weighted by molar-refractivity contribution is -0.120. The average molecular weight is 459 g/mol. The molecular formula is C22H22N2O5S2. The summed E-state index contributed by atoms with van der Waals surface area (Å²) in [5, 5.41) is 0. The fraction of sp³-hybridized carbons (Fsp3) is 0.136. The quantitative estimate of drug-likeness (QED) is 0.559. The Morgan fingerprint density at radius 3 is 2.06 bits per heavy atom. The number of amides is 1. The summed E-state index contributed by atoms with van der Waals surface area (Å²) in [4.78, 5) is 12.0. The highest BCUT2D eigenvalue weighted by Gasteiger charge is 2.26. The number of aryl methyl sites for hydroxylation is 1. The highest BCUT2D eigenvalue weighted by molar-refractivity contribution is 7.92. The molecule has 3 rings (SSSR count). The second kappa shape index (κ2) is 9.01. The second-order valence-corrected chi connectivity index (χ2v) is 10.6. The van der Waals surface area contributed by atoms with Gasteiger partial charge in [-0.25, -0.2) is 21.6 Å². The highest BCUT2D eigenvalue weighted by Crippen LogP contribution is 2.25.